The minimum absolute atomic E-state index is 0.0931. The maximum Gasteiger partial charge on any atom is 0.319 e. The van der Waals surface area contributed by atoms with E-state index in [1.807, 2.05) is 13.8 Å². The molecular formula is C17H20ClN3O3S. The molecule has 2 aromatic carbocycles. The summed E-state index contributed by atoms with van der Waals surface area (Å²) in [5.41, 5.74) is 0.923. The summed E-state index contributed by atoms with van der Waals surface area (Å²) >= 11 is 5.78. The van der Waals surface area contributed by atoms with Crippen molar-refractivity contribution in [1.29, 1.82) is 0 Å². The first-order valence-corrected chi connectivity index (χ1v) is 9.56. The first-order valence-electron chi connectivity index (χ1n) is 7.69. The van der Waals surface area contributed by atoms with Crippen LogP contribution in [0, 0.1) is 5.92 Å². The smallest absolute Gasteiger partial charge is 0.319 e. The van der Waals surface area contributed by atoms with Crippen LogP contribution in [-0.4, -0.2) is 21.0 Å². The summed E-state index contributed by atoms with van der Waals surface area (Å²) in [5.74, 6) is 0.345. The quantitative estimate of drug-likeness (QED) is 0.708. The van der Waals surface area contributed by atoms with Crippen molar-refractivity contribution in [1.82, 2.24) is 5.32 Å². The highest BCUT2D eigenvalue weighted by atomic mass is 35.5. The standard InChI is InChI=1S/C17H20ClN3O3S/c1-12(2)11-19-17(22)20-14-7-9-16(10-8-14)25(23,24)21-15-5-3-13(18)4-6-15/h3-10,12,21H,11H2,1-2H3,(H2,19,20,22). The van der Waals surface area contributed by atoms with E-state index < -0.39 is 10.0 Å². The first kappa shape index (κ1) is 19.1. The normalized spacial score (nSPS) is 11.2. The molecule has 8 heteroatoms. The van der Waals surface area contributed by atoms with Crippen LogP contribution in [-0.2, 0) is 10.0 Å². The van der Waals surface area contributed by atoms with Crippen LogP contribution in [0.15, 0.2) is 53.4 Å². The van der Waals surface area contributed by atoms with E-state index in [1.54, 1.807) is 24.3 Å². The number of carbonyl (C=O) groups excluding carboxylic acids is 1. The zero-order valence-corrected chi connectivity index (χ0v) is 15.5. The van der Waals surface area contributed by atoms with Gasteiger partial charge < -0.3 is 10.6 Å². The molecule has 0 saturated carbocycles. The van der Waals surface area contributed by atoms with Gasteiger partial charge in [-0.2, -0.15) is 0 Å². The van der Waals surface area contributed by atoms with Gasteiger partial charge in [-0.3, -0.25) is 4.72 Å². The molecule has 2 aromatic rings. The Morgan fingerprint density at radius 3 is 2.12 bits per heavy atom. The largest absolute Gasteiger partial charge is 0.338 e. The minimum Gasteiger partial charge on any atom is -0.338 e. The fraction of sp³-hybridized carbons (Fsp3) is 0.235. The second-order valence-corrected chi connectivity index (χ2v) is 7.98. The number of halogens is 1. The number of benzene rings is 2. The van der Waals surface area contributed by atoms with Crippen LogP contribution in [0.2, 0.25) is 5.02 Å². The molecule has 0 heterocycles. The molecule has 0 bridgehead atoms. The number of hydrogen-bond acceptors (Lipinski definition) is 3. The number of urea groups is 1. The number of carbonyl (C=O) groups is 1. The molecule has 0 radical (unpaired) electrons. The van der Waals surface area contributed by atoms with Gasteiger partial charge in [0, 0.05) is 22.9 Å². The second kappa shape index (κ2) is 8.22. The molecule has 3 N–H and O–H groups in total. The van der Waals surface area contributed by atoms with Crippen LogP contribution in [0.25, 0.3) is 0 Å². The molecule has 0 unspecified atom stereocenters. The molecule has 0 aliphatic carbocycles. The Kier molecular flexibility index (Phi) is 6.27. The molecule has 25 heavy (non-hydrogen) atoms. The number of amides is 2. The molecule has 0 aliphatic heterocycles. The van der Waals surface area contributed by atoms with Gasteiger partial charge in [-0.1, -0.05) is 25.4 Å². The molecule has 6 nitrogen and oxygen atoms in total. The lowest BCUT2D eigenvalue weighted by Crippen LogP contribution is -2.31. The minimum atomic E-state index is -3.71. The summed E-state index contributed by atoms with van der Waals surface area (Å²) in [6, 6.07) is 11.9. The summed E-state index contributed by atoms with van der Waals surface area (Å²) in [5, 5.41) is 5.90. The number of anilines is 2. The van der Waals surface area contributed by atoms with Gasteiger partial charge in [0.25, 0.3) is 10.0 Å². The SMILES string of the molecule is CC(C)CNC(=O)Nc1ccc(S(=O)(=O)Nc2ccc(Cl)cc2)cc1. The van der Waals surface area contributed by atoms with E-state index in [4.69, 9.17) is 11.6 Å². The predicted octanol–water partition coefficient (Wildman–Crippen LogP) is 3.92. The number of rotatable bonds is 6. The van der Waals surface area contributed by atoms with E-state index >= 15 is 0 Å². The highest BCUT2D eigenvalue weighted by Crippen LogP contribution is 2.19. The van der Waals surface area contributed by atoms with E-state index in [9.17, 15) is 13.2 Å². The van der Waals surface area contributed by atoms with Crippen LogP contribution in [0.5, 0.6) is 0 Å². The highest BCUT2D eigenvalue weighted by Gasteiger charge is 2.14. The molecular weight excluding hydrogens is 362 g/mol. The Hall–Kier alpha value is -2.25. The monoisotopic (exact) mass is 381 g/mol. The van der Waals surface area contributed by atoms with Crippen molar-refractivity contribution in [3.63, 3.8) is 0 Å². The zero-order valence-electron chi connectivity index (χ0n) is 13.9. The van der Waals surface area contributed by atoms with Crippen LogP contribution in [0.3, 0.4) is 0 Å². The van der Waals surface area contributed by atoms with E-state index in [0.717, 1.165) is 0 Å². The summed E-state index contributed by atoms with van der Waals surface area (Å²) in [4.78, 5) is 11.8. The van der Waals surface area contributed by atoms with Gasteiger partial charge in [0.2, 0.25) is 0 Å². The lowest BCUT2D eigenvalue weighted by Gasteiger charge is -2.11. The molecule has 2 amide bonds. The topological polar surface area (TPSA) is 87.3 Å². The van der Waals surface area contributed by atoms with E-state index in [2.05, 4.69) is 15.4 Å². The molecule has 0 spiro atoms. The fourth-order valence-corrected chi connectivity index (χ4v) is 3.11. The third kappa shape index (κ3) is 5.95. The van der Waals surface area contributed by atoms with Crippen LogP contribution < -0.4 is 15.4 Å². The zero-order chi connectivity index (χ0) is 18.4. The highest BCUT2D eigenvalue weighted by molar-refractivity contribution is 7.92. The summed E-state index contributed by atoms with van der Waals surface area (Å²) in [6.07, 6.45) is 0. The summed E-state index contributed by atoms with van der Waals surface area (Å²) in [6.45, 7) is 4.55. The van der Waals surface area contributed by atoms with Crippen molar-refractivity contribution < 1.29 is 13.2 Å². The number of sulfonamides is 1. The van der Waals surface area contributed by atoms with Crippen molar-refractivity contribution in [2.45, 2.75) is 18.7 Å². The van der Waals surface area contributed by atoms with Crippen LogP contribution in [0.1, 0.15) is 13.8 Å². The summed E-state index contributed by atoms with van der Waals surface area (Å²) in [7, 11) is -3.71. The van der Waals surface area contributed by atoms with E-state index in [-0.39, 0.29) is 10.9 Å². The fourth-order valence-electron chi connectivity index (χ4n) is 1.92. The number of nitrogens with one attached hydrogen (secondary N) is 3. The van der Waals surface area contributed by atoms with Gasteiger partial charge in [-0.05, 0) is 54.4 Å². The van der Waals surface area contributed by atoms with Gasteiger partial charge in [-0.15, -0.1) is 0 Å². The molecule has 0 atom stereocenters. The van der Waals surface area contributed by atoms with E-state index in [1.165, 1.54) is 24.3 Å². The van der Waals surface area contributed by atoms with Gasteiger partial charge in [0.1, 0.15) is 0 Å². The Labute approximate surface area is 152 Å². The second-order valence-electron chi connectivity index (χ2n) is 5.87. The van der Waals surface area contributed by atoms with Crippen molar-refractivity contribution in [2.24, 2.45) is 5.92 Å². The van der Waals surface area contributed by atoms with Gasteiger partial charge in [0.05, 0.1) is 4.90 Å². The third-order valence-corrected chi connectivity index (χ3v) is 4.84. The Balaban J connectivity index is 2.02. The predicted molar refractivity (Wildman–Crippen MR) is 101 cm³/mol. The molecule has 134 valence electrons. The van der Waals surface area contributed by atoms with Crippen LogP contribution in [0.4, 0.5) is 16.2 Å². The van der Waals surface area contributed by atoms with Crippen LogP contribution >= 0.6 is 11.6 Å². The lowest BCUT2D eigenvalue weighted by atomic mass is 10.2. The van der Waals surface area contributed by atoms with Crippen molar-refractivity contribution in [2.75, 3.05) is 16.6 Å². The maximum atomic E-state index is 12.4. The molecule has 0 aliphatic rings. The average Bonchev–Trinajstić information content (AvgIpc) is 2.55. The first-order chi connectivity index (χ1) is 11.8. The Bertz CT molecular complexity index is 819. The van der Waals surface area contributed by atoms with Gasteiger partial charge in [-0.25, -0.2) is 13.2 Å². The molecule has 2 rings (SSSR count). The summed E-state index contributed by atoms with van der Waals surface area (Å²) < 4.78 is 27.2. The van der Waals surface area contributed by atoms with Crippen molar-refractivity contribution in [3.8, 4) is 0 Å². The third-order valence-electron chi connectivity index (χ3n) is 3.19. The molecule has 0 fully saturated rings. The van der Waals surface area contributed by atoms with E-state index in [0.29, 0.717) is 28.9 Å². The van der Waals surface area contributed by atoms with Gasteiger partial charge >= 0.3 is 6.03 Å². The maximum absolute atomic E-state index is 12.4. The average molecular weight is 382 g/mol. The van der Waals surface area contributed by atoms with Crippen molar-refractivity contribution >= 4 is 39.0 Å². The lowest BCUT2D eigenvalue weighted by molar-refractivity contribution is 0.251. The Morgan fingerprint density at radius 2 is 1.56 bits per heavy atom. The molecule has 0 saturated heterocycles. The molecule has 0 aromatic heterocycles. The Morgan fingerprint density at radius 1 is 1.00 bits per heavy atom. The van der Waals surface area contributed by atoms with Crippen molar-refractivity contribution in [3.05, 3.63) is 53.6 Å². The van der Waals surface area contributed by atoms with Gasteiger partial charge in [0.15, 0.2) is 0 Å². The number of hydrogen-bond donors (Lipinski definition) is 3.